The minimum Gasteiger partial charge on any atom is -0.481 e. The van der Waals surface area contributed by atoms with E-state index in [1.165, 1.54) is 5.56 Å². The van der Waals surface area contributed by atoms with E-state index in [1.54, 1.807) is 12.1 Å². The van der Waals surface area contributed by atoms with Crippen molar-refractivity contribution >= 4 is 5.97 Å². The van der Waals surface area contributed by atoms with Crippen molar-refractivity contribution in [1.82, 2.24) is 0 Å². The molecule has 2 aromatic rings. The molecule has 0 fully saturated rings. The fourth-order valence-corrected chi connectivity index (χ4v) is 1.58. The third-order valence-corrected chi connectivity index (χ3v) is 2.47. The van der Waals surface area contributed by atoms with Crippen LogP contribution in [0.3, 0.4) is 0 Å². The Morgan fingerprint density at radius 2 is 1.37 bits per heavy atom. The van der Waals surface area contributed by atoms with Gasteiger partial charge >= 0.3 is 5.97 Å². The SMILES string of the molecule is NCCc1ccccc1.O=C(O)Cc1ccccc1. The van der Waals surface area contributed by atoms with Crippen molar-refractivity contribution in [2.75, 3.05) is 6.54 Å². The molecular weight excluding hydrogens is 238 g/mol. The van der Waals surface area contributed by atoms with Crippen LogP contribution in [-0.2, 0) is 17.6 Å². The average Bonchev–Trinajstić information content (AvgIpc) is 2.41. The van der Waals surface area contributed by atoms with Gasteiger partial charge in [0.25, 0.3) is 0 Å². The lowest BCUT2D eigenvalue weighted by Gasteiger charge is -1.93. The van der Waals surface area contributed by atoms with E-state index in [0.717, 1.165) is 18.5 Å². The van der Waals surface area contributed by atoms with E-state index in [9.17, 15) is 4.79 Å². The maximum absolute atomic E-state index is 10.2. The van der Waals surface area contributed by atoms with E-state index in [0.29, 0.717) is 0 Å². The normalized spacial score (nSPS) is 9.32. The second kappa shape index (κ2) is 8.89. The van der Waals surface area contributed by atoms with Crippen LogP contribution in [0.2, 0.25) is 0 Å². The first-order valence-corrected chi connectivity index (χ1v) is 6.22. The van der Waals surface area contributed by atoms with Gasteiger partial charge in [-0.2, -0.15) is 0 Å². The van der Waals surface area contributed by atoms with Gasteiger partial charge in [-0.05, 0) is 24.1 Å². The van der Waals surface area contributed by atoms with E-state index in [4.69, 9.17) is 10.8 Å². The van der Waals surface area contributed by atoms with Gasteiger partial charge < -0.3 is 10.8 Å². The van der Waals surface area contributed by atoms with Crippen LogP contribution in [0.25, 0.3) is 0 Å². The van der Waals surface area contributed by atoms with Crippen LogP contribution in [0.15, 0.2) is 60.7 Å². The largest absolute Gasteiger partial charge is 0.481 e. The average molecular weight is 257 g/mol. The molecule has 0 aliphatic carbocycles. The Morgan fingerprint density at radius 1 is 0.895 bits per heavy atom. The molecule has 0 aliphatic rings. The quantitative estimate of drug-likeness (QED) is 0.884. The molecule has 0 aromatic heterocycles. The minimum absolute atomic E-state index is 0.112. The Balaban J connectivity index is 0.000000191. The molecule has 0 radical (unpaired) electrons. The molecule has 2 rings (SSSR count). The number of benzene rings is 2. The highest BCUT2D eigenvalue weighted by Crippen LogP contribution is 1.98. The standard InChI is InChI=1S/C8H11N.C8H8O2/c9-7-6-8-4-2-1-3-5-8;9-8(10)6-7-4-2-1-3-5-7/h1-5H,6-7,9H2;1-5H,6H2,(H,9,10). The highest BCUT2D eigenvalue weighted by Gasteiger charge is 1.96. The third-order valence-electron chi connectivity index (χ3n) is 2.47. The molecule has 3 nitrogen and oxygen atoms in total. The predicted molar refractivity (Wildman–Crippen MR) is 77.0 cm³/mol. The summed E-state index contributed by atoms with van der Waals surface area (Å²) in [7, 11) is 0. The molecule has 0 aliphatic heterocycles. The van der Waals surface area contributed by atoms with E-state index < -0.39 is 5.97 Å². The summed E-state index contributed by atoms with van der Waals surface area (Å²) < 4.78 is 0. The molecule has 2 aromatic carbocycles. The van der Waals surface area contributed by atoms with Gasteiger partial charge in [0.05, 0.1) is 6.42 Å². The van der Waals surface area contributed by atoms with Gasteiger partial charge in [-0.15, -0.1) is 0 Å². The highest BCUT2D eigenvalue weighted by atomic mass is 16.4. The second-order valence-corrected chi connectivity index (χ2v) is 4.08. The lowest BCUT2D eigenvalue weighted by atomic mass is 10.2. The summed E-state index contributed by atoms with van der Waals surface area (Å²) in [5.41, 5.74) is 7.52. The number of rotatable bonds is 4. The minimum atomic E-state index is -0.786. The van der Waals surface area contributed by atoms with Gasteiger partial charge in [-0.1, -0.05) is 60.7 Å². The van der Waals surface area contributed by atoms with Crippen LogP contribution >= 0.6 is 0 Å². The molecule has 19 heavy (non-hydrogen) atoms. The van der Waals surface area contributed by atoms with Crippen molar-refractivity contribution in [3.63, 3.8) is 0 Å². The fourth-order valence-electron chi connectivity index (χ4n) is 1.58. The smallest absolute Gasteiger partial charge is 0.307 e. The lowest BCUT2D eigenvalue weighted by molar-refractivity contribution is -0.136. The maximum Gasteiger partial charge on any atom is 0.307 e. The maximum atomic E-state index is 10.2. The van der Waals surface area contributed by atoms with E-state index in [2.05, 4.69) is 12.1 Å². The molecular formula is C16H19NO2. The number of carboxylic acid groups (broad SMARTS) is 1. The van der Waals surface area contributed by atoms with Gasteiger partial charge in [0.2, 0.25) is 0 Å². The van der Waals surface area contributed by atoms with Crippen molar-refractivity contribution in [3.8, 4) is 0 Å². The molecule has 0 saturated carbocycles. The summed E-state index contributed by atoms with van der Waals surface area (Å²) in [6, 6.07) is 19.4. The van der Waals surface area contributed by atoms with Crippen LogP contribution in [0.5, 0.6) is 0 Å². The van der Waals surface area contributed by atoms with Crippen molar-refractivity contribution < 1.29 is 9.90 Å². The number of hydrogen-bond donors (Lipinski definition) is 2. The van der Waals surface area contributed by atoms with E-state index >= 15 is 0 Å². The van der Waals surface area contributed by atoms with Crippen molar-refractivity contribution in [2.45, 2.75) is 12.8 Å². The van der Waals surface area contributed by atoms with Gasteiger partial charge in [0.1, 0.15) is 0 Å². The molecule has 100 valence electrons. The number of nitrogens with two attached hydrogens (primary N) is 1. The summed E-state index contributed by atoms with van der Waals surface area (Å²) in [6.45, 7) is 0.740. The Kier molecular flexibility index (Phi) is 6.98. The van der Waals surface area contributed by atoms with E-state index in [-0.39, 0.29) is 6.42 Å². The van der Waals surface area contributed by atoms with Crippen LogP contribution in [0.4, 0.5) is 0 Å². The molecule has 0 unspecified atom stereocenters. The molecule has 0 atom stereocenters. The highest BCUT2D eigenvalue weighted by molar-refractivity contribution is 5.70. The predicted octanol–water partition coefficient (Wildman–Crippen LogP) is 2.50. The molecule has 3 heteroatoms. The lowest BCUT2D eigenvalue weighted by Crippen LogP contribution is -2.01. The van der Waals surface area contributed by atoms with Crippen molar-refractivity contribution in [2.24, 2.45) is 5.73 Å². The zero-order valence-corrected chi connectivity index (χ0v) is 10.8. The summed E-state index contributed by atoms with van der Waals surface area (Å²) in [5.74, 6) is -0.786. The van der Waals surface area contributed by atoms with Gasteiger partial charge in [-0.3, -0.25) is 4.79 Å². The van der Waals surface area contributed by atoms with Gasteiger partial charge in [-0.25, -0.2) is 0 Å². The van der Waals surface area contributed by atoms with Crippen LogP contribution in [0, 0.1) is 0 Å². The molecule has 3 N–H and O–H groups in total. The summed E-state index contributed by atoms with van der Waals surface area (Å²) >= 11 is 0. The van der Waals surface area contributed by atoms with Crippen LogP contribution in [-0.4, -0.2) is 17.6 Å². The molecule has 0 heterocycles. The van der Waals surface area contributed by atoms with Crippen LogP contribution < -0.4 is 5.73 Å². The second-order valence-electron chi connectivity index (χ2n) is 4.08. The fraction of sp³-hybridized carbons (Fsp3) is 0.188. The Labute approximate surface area is 113 Å². The van der Waals surface area contributed by atoms with Gasteiger partial charge in [0.15, 0.2) is 0 Å². The summed E-state index contributed by atoms with van der Waals surface area (Å²) in [4.78, 5) is 10.2. The first kappa shape index (κ1) is 14.9. The van der Waals surface area contributed by atoms with Crippen LogP contribution in [0.1, 0.15) is 11.1 Å². The Bertz CT molecular complexity index is 469. The number of carboxylic acids is 1. The monoisotopic (exact) mass is 257 g/mol. The number of aliphatic carboxylic acids is 1. The summed E-state index contributed by atoms with van der Waals surface area (Å²) in [5, 5.41) is 8.37. The first-order valence-electron chi connectivity index (χ1n) is 6.22. The number of hydrogen-bond acceptors (Lipinski definition) is 2. The van der Waals surface area contributed by atoms with Crippen molar-refractivity contribution in [3.05, 3.63) is 71.8 Å². The zero-order valence-electron chi connectivity index (χ0n) is 10.8. The molecule has 0 saturated heterocycles. The van der Waals surface area contributed by atoms with Gasteiger partial charge in [0, 0.05) is 0 Å². The zero-order chi connectivity index (χ0) is 13.9. The summed E-state index contributed by atoms with van der Waals surface area (Å²) in [6.07, 6.45) is 1.10. The topological polar surface area (TPSA) is 63.3 Å². The Morgan fingerprint density at radius 3 is 1.79 bits per heavy atom. The van der Waals surface area contributed by atoms with E-state index in [1.807, 2.05) is 36.4 Å². The molecule has 0 bridgehead atoms. The third kappa shape index (κ3) is 7.01. The molecule has 0 spiro atoms. The Hall–Kier alpha value is -2.13. The van der Waals surface area contributed by atoms with Crippen molar-refractivity contribution in [1.29, 1.82) is 0 Å². The number of carbonyl (C=O) groups is 1. The first-order chi connectivity index (χ1) is 9.22. The molecule has 0 amide bonds.